The monoisotopic (exact) mass is 283 g/mol. The number of hydrogen-bond acceptors (Lipinski definition) is 3. The number of hydrogen-bond donors (Lipinski definition) is 2. The molecule has 0 spiro atoms. The molecule has 2 N–H and O–H groups in total. The molecule has 0 aliphatic rings. The molecule has 0 fully saturated rings. The van der Waals surface area contributed by atoms with Crippen LogP contribution in [0.1, 0.15) is 45.3 Å². The average molecular weight is 283 g/mol. The van der Waals surface area contributed by atoms with E-state index in [0.717, 1.165) is 12.8 Å². The first kappa shape index (κ1) is 16.4. The number of carbonyl (C=O) groups is 1. The van der Waals surface area contributed by atoms with Crippen LogP contribution in [0.15, 0.2) is 18.2 Å². The molecular formula is C15H22FNO3. The Morgan fingerprint density at radius 3 is 2.70 bits per heavy atom. The highest BCUT2D eigenvalue weighted by molar-refractivity contribution is 5.80. The van der Waals surface area contributed by atoms with E-state index >= 15 is 0 Å². The molecule has 1 rings (SSSR count). The van der Waals surface area contributed by atoms with Crippen molar-refractivity contribution in [3.05, 3.63) is 29.6 Å². The van der Waals surface area contributed by atoms with Gasteiger partial charge in [-0.3, -0.25) is 4.79 Å². The van der Waals surface area contributed by atoms with Crippen LogP contribution in [0, 0.1) is 5.82 Å². The molecule has 0 saturated heterocycles. The van der Waals surface area contributed by atoms with Gasteiger partial charge < -0.3 is 15.2 Å². The second kappa shape index (κ2) is 7.85. The third-order valence-electron chi connectivity index (χ3n) is 2.93. The van der Waals surface area contributed by atoms with Crippen LogP contribution in [0.5, 0.6) is 5.75 Å². The van der Waals surface area contributed by atoms with Crippen LogP contribution in [0.4, 0.5) is 4.39 Å². The van der Waals surface area contributed by atoms with Gasteiger partial charge in [-0.25, -0.2) is 4.39 Å². The van der Waals surface area contributed by atoms with Crippen molar-refractivity contribution in [1.82, 2.24) is 5.32 Å². The molecule has 0 aromatic heterocycles. The summed E-state index contributed by atoms with van der Waals surface area (Å²) < 4.78 is 19.0. The molecule has 0 bridgehead atoms. The quantitative estimate of drug-likeness (QED) is 0.756. The van der Waals surface area contributed by atoms with E-state index in [2.05, 4.69) is 5.32 Å². The summed E-state index contributed by atoms with van der Waals surface area (Å²) in [6.07, 6.45) is 0.347. The van der Waals surface area contributed by atoms with Gasteiger partial charge in [-0.05, 0) is 32.4 Å². The summed E-state index contributed by atoms with van der Waals surface area (Å²) in [6, 6.07) is 4.18. The maximum absolute atomic E-state index is 13.7. The minimum absolute atomic E-state index is 0.206. The van der Waals surface area contributed by atoms with E-state index in [1.807, 2.05) is 6.92 Å². The van der Waals surface area contributed by atoms with Gasteiger partial charge in [0.1, 0.15) is 11.6 Å². The van der Waals surface area contributed by atoms with Gasteiger partial charge in [-0.1, -0.05) is 13.3 Å². The van der Waals surface area contributed by atoms with E-state index in [-0.39, 0.29) is 17.2 Å². The predicted molar refractivity (Wildman–Crippen MR) is 75.0 cm³/mol. The summed E-state index contributed by atoms with van der Waals surface area (Å²) in [5, 5.41) is 12.1. The van der Waals surface area contributed by atoms with Crippen LogP contribution in [0.25, 0.3) is 0 Å². The van der Waals surface area contributed by atoms with Crippen molar-refractivity contribution in [2.75, 3.05) is 6.54 Å². The fourth-order valence-corrected chi connectivity index (χ4v) is 1.71. The highest BCUT2D eigenvalue weighted by atomic mass is 19.1. The summed E-state index contributed by atoms with van der Waals surface area (Å²) in [4.78, 5) is 11.7. The van der Waals surface area contributed by atoms with Gasteiger partial charge in [0.25, 0.3) is 5.91 Å². The van der Waals surface area contributed by atoms with Crippen molar-refractivity contribution in [2.24, 2.45) is 0 Å². The van der Waals surface area contributed by atoms with Crippen molar-refractivity contribution in [2.45, 2.75) is 45.8 Å². The first-order valence-electron chi connectivity index (χ1n) is 6.87. The van der Waals surface area contributed by atoms with Crippen molar-refractivity contribution in [1.29, 1.82) is 0 Å². The Bertz CT molecular complexity index is 449. The van der Waals surface area contributed by atoms with E-state index in [1.54, 1.807) is 13.0 Å². The minimum atomic E-state index is -0.876. The second-order valence-corrected chi connectivity index (χ2v) is 4.76. The number of amides is 1. The molecule has 1 aromatic rings. The van der Waals surface area contributed by atoms with Crippen LogP contribution in [0.3, 0.4) is 0 Å². The average Bonchev–Trinajstić information content (AvgIpc) is 2.38. The van der Waals surface area contributed by atoms with Crippen molar-refractivity contribution in [3.8, 4) is 5.75 Å². The highest BCUT2D eigenvalue weighted by Crippen LogP contribution is 2.22. The Morgan fingerprint density at radius 1 is 1.45 bits per heavy atom. The minimum Gasteiger partial charge on any atom is -0.481 e. The van der Waals surface area contributed by atoms with Crippen LogP contribution >= 0.6 is 0 Å². The summed E-state index contributed by atoms with van der Waals surface area (Å²) in [5.41, 5.74) is 0.206. The highest BCUT2D eigenvalue weighted by Gasteiger charge is 2.15. The molecule has 1 amide bonds. The summed E-state index contributed by atoms with van der Waals surface area (Å²) >= 11 is 0. The molecular weight excluding hydrogens is 261 g/mol. The van der Waals surface area contributed by atoms with Crippen LogP contribution in [0.2, 0.25) is 0 Å². The lowest BCUT2D eigenvalue weighted by Crippen LogP contribution is -2.36. The summed E-state index contributed by atoms with van der Waals surface area (Å²) in [5.74, 6) is -0.500. The largest absolute Gasteiger partial charge is 0.481 e. The van der Waals surface area contributed by atoms with E-state index in [1.165, 1.54) is 19.1 Å². The van der Waals surface area contributed by atoms with Crippen LogP contribution < -0.4 is 10.1 Å². The fraction of sp³-hybridized carbons (Fsp3) is 0.533. The Hall–Kier alpha value is -1.62. The standard InChI is InChI=1S/C15H22FNO3/c1-4-5-8-17-15(19)11(3)20-12-6-7-13(10(2)18)14(16)9-12/h6-7,9-11,18H,4-5,8H2,1-3H3,(H,17,19)/t10-,11?/m0/s1. The number of halogens is 1. The van der Waals surface area contributed by atoms with Gasteiger partial charge in [-0.2, -0.15) is 0 Å². The Balaban J connectivity index is 2.59. The predicted octanol–water partition coefficient (Wildman–Crippen LogP) is 2.56. The zero-order valence-electron chi connectivity index (χ0n) is 12.1. The smallest absolute Gasteiger partial charge is 0.260 e. The maximum Gasteiger partial charge on any atom is 0.260 e. The van der Waals surface area contributed by atoms with E-state index in [9.17, 15) is 14.3 Å². The Kier molecular flexibility index (Phi) is 6.45. The maximum atomic E-state index is 13.7. The molecule has 0 radical (unpaired) electrons. The number of aliphatic hydroxyl groups excluding tert-OH is 1. The third kappa shape index (κ3) is 4.81. The number of nitrogens with one attached hydrogen (secondary N) is 1. The number of carbonyl (C=O) groups excluding carboxylic acids is 1. The molecule has 0 heterocycles. The molecule has 20 heavy (non-hydrogen) atoms. The zero-order chi connectivity index (χ0) is 15.1. The summed E-state index contributed by atoms with van der Waals surface area (Å²) in [7, 11) is 0. The molecule has 0 aliphatic carbocycles. The SMILES string of the molecule is CCCCNC(=O)C(C)Oc1ccc([C@H](C)O)c(F)c1. The van der Waals surface area contributed by atoms with Gasteiger partial charge in [0, 0.05) is 18.2 Å². The van der Waals surface area contributed by atoms with Gasteiger partial charge >= 0.3 is 0 Å². The van der Waals surface area contributed by atoms with Crippen LogP contribution in [-0.4, -0.2) is 23.7 Å². The molecule has 5 heteroatoms. The first-order chi connectivity index (χ1) is 9.45. The normalized spacial score (nSPS) is 13.7. The molecule has 2 atom stereocenters. The number of aliphatic hydroxyl groups is 1. The van der Waals surface area contributed by atoms with Crippen molar-refractivity contribution in [3.63, 3.8) is 0 Å². The molecule has 0 aliphatic heterocycles. The molecule has 1 unspecified atom stereocenters. The lowest BCUT2D eigenvalue weighted by Gasteiger charge is -2.15. The van der Waals surface area contributed by atoms with Crippen molar-refractivity contribution < 1.29 is 19.0 Å². The van der Waals surface area contributed by atoms with Gasteiger partial charge in [-0.15, -0.1) is 0 Å². The van der Waals surface area contributed by atoms with Crippen molar-refractivity contribution >= 4 is 5.91 Å². The van der Waals surface area contributed by atoms with Gasteiger partial charge in [0.05, 0.1) is 6.10 Å². The molecule has 112 valence electrons. The van der Waals surface area contributed by atoms with Gasteiger partial charge in [0.15, 0.2) is 6.10 Å². The summed E-state index contributed by atoms with van der Waals surface area (Å²) in [6.45, 7) is 5.75. The third-order valence-corrected chi connectivity index (χ3v) is 2.93. The number of rotatable bonds is 7. The van der Waals surface area contributed by atoms with Crippen LogP contribution in [-0.2, 0) is 4.79 Å². The second-order valence-electron chi connectivity index (χ2n) is 4.76. The van der Waals surface area contributed by atoms with E-state index in [0.29, 0.717) is 6.54 Å². The fourth-order valence-electron chi connectivity index (χ4n) is 1.71. The number of benzene rings is 1. The first-order valence-corrected chi connectivity index (χ1v) is 6.87. The molecule has 1 aromatic carbocycles. The lowest BCUT2D eigenvalue weighted by molar-refractivity contribution is -0.127. The Labute approximate surface area is 119 Å². The lowest BCUT2D eigenvalue weighted by atomic mass is 10.1. The topological polar surface area (TPSA) is 58.6 Å². The number of ether oxygens (including phenoxy) is 1. The Morgan fingerprint density at radius 2 is 2.15 bits per heavy atom. The molecule has 4 nitrogen and oxygen atoms in total. The number of unbranched alkanes of at least 4 members (excludes halogenated alkanes) is 1. The molecule has 0 saturated carbocycles. The van der Waals surface area contributed by atoms with E-state index in [4.69, 9.17) is 4.74 Å². The zero-order valence-corrected chi connectivity index (χ0v) is 12.1. The van der Waals surface area contributed by atoms with Gasteiger partial charge in [0.2, 0.25) is 0 Å². The van der Waals surface area contributed by atoms with E-state index < -0.39 is 18.0 Å².